The predicted octanol–water partition coefficient (Wildman–Crippen LogP) is 4.26. The Morgan fingerprint density at radius 1 is 1.04 bits per heavy atom. The van der Waals surface area contributed by atoms with Crippen LogP contribution in [-0.2, 0) is 29.1 Å². The summed E-state index contributed by atoms with van der Waals surface area (Å²) in [4.78, 5) is 12.1. The molecule has 26 heavy (non-hydrogen) atoms. The Bertz CT molecular complexity index is 680. The molecule has 0 atom stereocenters. The van der Waals surface area contributed by atoms with Gasteiger partial charge in [-0.2, -0.15) is 0 Å². The second-order valence-corrected chi connectivity index (χ2v) is 6.53. The predicted molar refractivity (Wildman–Crippen MR) is 104 cm³/mol. The molecule has 0 aliphatic carbocycles. The molecule has 0 aromatic heterocycles. The van der Waals surface area contributed by atoms with Crippen LogP contribution in [-0.4, -0.2) is 18.6 Å². The summed E-state index contributed by atoms with van der Waals surface area (Å²) < 4.78 is 11.0. The Morgan fingerprint density at radius 3 is 2.46 bits per heavy atom. The number of nitrogens with one attached hydrogen (secondary N) is 1. The molecule has 0 bridgehead atoms. The maximum Gasteiger partial charge on any atom is 0.220 e. The van der Waals surface area contributed by atoms with Crippen molar-refractivity contribution in [1.82, 2.24) is 5.32 Å². The van der Waals surface area contributed by atoms with Crippen LogP contribution in [0.25, 0.3) is 0 Å². The number of hydrogen-bond donors (Lipinski definition) is 1. The van der Waals surface area contributed by atoms with Gasteiger partial charge in [0.05, 0.1) is 19.3 Å². The van der Waals surface area contributed by atoms with Crippen molar-refractivity contribution in [3.8, 4) is 5.75 Å². The van der Waals surface area contributed by atoms with Crippen LogP contribution in [0.2, 0.25) is 0 Å². The van der Waals surface area contributed by atoms with Gasteiger partial charge in [-0.05, 0) is 56.0 Å². The fraction of sp³-hybridized carbons (Fsp3) is 0.409. The average molecular weight is 355 g/mol. The molecule has 4 heteroatoms. The zero-order valence-electron chi connectivity index (χ0n) is 16.0. The molecular weight excluding hydrogens is 326 g/mol. The normalized spacial score (nSPS) is 10.8. The first-order valence-electron chi connectivity index (χ1n) is 9.24. The molecular formula is C22H29NO3. The van der Waals surface area contributed by atoms with E-state index in [1.54, 1.807) is 0 Å². The van der Waals surface area contributed by atoms with Crippen molar-refractivity contribution in [2.45, 2.75) is 52.9 Å². The molecule has 1 amide bonds. The minimum absolute atomic E-state index is 0.0581. The molecule has 0 spiro atoms. The van der Waals surface area contributed by atoms with Crippen LogP contribution in [0.5, 0.6) is 5.75 Å². The molecule has 0 unspecified atom stereocenters. The lowest BCUT2D eigenvalue weighted by Gasteiger charge is -2.10. The van der Waals surface area contributed by atoms with Gasteiger partial charge in [-0.25, -0.2) is 0 Å². The van der Waals surface area contributed by atoms with Crippen LogP contribution in [0.4, 0.5) is 0 Å². The molecule has 140 valence electrons. The third kappa shape index (κ3) is 7.28. The van der Waals surface area contributed by atoms with Gasteiger partial charge < -0.3 is 14.8 Å². The van der Waals surface area contributed by atoms with Crippen LogP contribution in [0.3, 0.4) is 0 Å². The van der Waals surface area contributed by atoms with Gasteiger partial charge in [0.25, 0.3) is 0 Å². The largest absolute Gasteiger partial charge is 0.494 e. The molecule has 0 heterocycles. The SMILES string of the molecule is CCOc1ccc(CCC(=O)NCc2cccc(COC(C)C)c2)cc1. The van der Waals surface area contributed by atoms with Crippen molar-refractivity contribution >= 4 is 5.91 Å². The minimum Gasteiger partial charge on any atom is -0.494 e. The van der Waals surface area contributed by atoms with Crippen LogP contribution in [0.15, 0.2) is 48.5 Å². The van der Waals surface area contributed by atoms with Gasteiger partial charge in [0.2, 0.25) is 5.91 Å². The quantitative estimate of drug-likeness (QED) is 0.693. The Balaban J connectivity index is 1.75. The van der Waals surface area contributed by atoms with Gasteiger partial charge in [0.15, 0.2) is 0 Å². The molecule has 0 aliphatic heterocycles. The summed E-state index contributed by atoms with van der Waals surface area (Å²) in [6.45, 7) is 7.80. The molecule has 0 fully saturated rings. The molecule has 2 aromatic carbocycles. The Labute approximate surface area is 156 Å². The number of benzene rings is 2. The lowest BCUT2D eigenvalue weighted by atomic mass is 10.1. The highest BCUT2D eigenvalue weighted by molar-refractivity contribution is 5.76. The maximum atomic E-state index is 12.1. The van der Waals surface area contributed by atoms with E-state index in [0.717, 1.165) is 28.9 Å². The van der Waals surface area contributed by atoms with E-state index in [1.165, 1.54) is 0 Å². The first-order chi connectivity index (χ1) is 12.6. The molecule has 4 nitrogen and oxygen atoms in total. The molecule has 2 aromatic rings. The van der Waals surface area contributed by atoms with Gasteiger partial charge in [-0.3, -0.25) is 4.79 Å². The van der Waals surface area contributed by atoms with E-state index in [0.29, 0.717) is 26.2 Å². The van der Waals surface area contributed by atoms with Crippen molar-refractivity contribution < 1.29 is 14.3 Å². The van der Waals surface area contributed by atoms with Gasteiger partial charge in [-0.1, -0.05) is 36.4 Å². The summed E-state index contributed by atoms with van der Waals surface area (Å²) in [6.07, 6.45) is 1.41. The fourth-order valence-electron chi connectivity index (χ4n) is 2.56. The molecule has 2 rings (SSSR count). The molecule has 0 radical (unpaired) electrons. The minimum atomic E-state index is 0.0581. The highest BCUT2D eigenvalue weighted by Gasteiger charge is 2.04. The summed E-state index contributed by atoms with van der Waals surface area (Å²) in [7, 11) is 0. The topological polar surface area (TPSA) is 47.6 Å². The summed E-state index contributed by atoms with van der Waals surface area (Å²) in [5.41, 5.74) is 3.35. The summed E-state index contributed by atoms with van der Waals surface area (Å²) >= 11 is 0. The van der Waals surface area contributed by atoms with E-state index >= 15 is 0 Å². The van der Waals surface area contributed by atoms with Gasteiger partial charge >= 0.3 is 0 Å². The number of ether oxygens (including phenoxy) is 2. The van der Waals surface area contributed by atoms with E-state index in [2.05, 4.69) is 11.4 Å². The lowest BCUT2D eigenvalue weighted by Crippen LogP contribution is -2.23. The molecule has 0 aliphatic rings. The van der Waals surface area contributed by atoms with E-state index in [4.69, 9.17) is 9.47 Å². The van der Waals surface area contributed by atoms with Crippen molar-refractivity contribution in [2.24, 2.45) is 0 Å². The summed E-state index contributed by atoms with van der Waals surface area (Å²) in [6, 6.07) is 16.1. The summed E-state index contributed by atoms with van der Waals surface area (Å²) in [5.74, 6) is 0.921. The first-order valence-corrected chi connectivity index (χ1v) is 9.24. The van der Waals surface area contributed by atoms with E-state index in [-0.39, 0.29) is 12.0 Å². The van der Waals surface area contributed by atoms with Crippen molar-refractivity contribution in [2.75, 3.05) is 6.61 Å². The monoisotopic (exact) mass is 355 g/mol. The number of aryl methyl sites for hydroxylation is 1. The lowest BCUT2D eigenvalue weighted by molar-refractivity contribution is -0.121. The van der Waals surface area contributed by atoms with E-state index in [9.17, 15) is 4.79 Å². The highest BCUT2D eigenvalue weighted by atomic mass is 16.5. The third-order valence-electron chi connectivity index (χ3n) is 3.94. The standard InChI is InChI=1S/C22H29NO3/c1-4-25-21-11-8-18(9-12-21)10-13-22(24)23-15-19-6-5-7-20(14-19)16-26-17(2)3/h5-9,11-12,14,17H,4,10,13,15-16H2,1-3H3,(H,23,24). The van der Waals surface area contributed by atoms with Crippen LogP contribution in [0, 0.1) is 0 Å². The second kappa shape index (κ2) is 10.6. The highest BCUT2D eigenvalue weighted by Crippen LogP contribution is 2.13. The van der Waals surface area contributed by atoms with E-state index in [1.807, 2.05) is 63.2 Å². The van der Waals surface area contributed by atoms with Crippen molar-refractivity contribution in [3.63, 3.8) is 0 Å². The number of carbonyl (C=O) groups is 1. The van der Waals surface area contributed by atoms with Crippen LogP contribution >= 0.6 is 0 Å². The van der Waals surface area contributed by atoms with Crippen molar-refractivity contribution in [1.29, 1.82) is 0 Å². The third-order valence-corrected chi connectivity index (χ3v) is 3.94. The number of carbonyl (C=O) groups excluding carboxylic acids is 1. The number of hydrogen-bond acceptors (Lipinski definition) is 3. The zero-order chi connectivity index (χ0) is 18.8. The maximum absolute atomic E-state index is 12.1. The Hall–Kier alpha value is -2.33. The van der Waals surface area contributed by atoms with Crippen LogP contribution < -0.4 is 10.1 Å². The molecule has 0 saturated heterocycles. The van der Waals surface area contributed by atoms with Gasteiger partial charge in [0, 0.05) is 13.0 Å². The second-order valence-electron chi connectivity index (χ2n) is 6.53. The number of rotatable bonds is 10. The smallest absolute Gasteiger partial charge is 0.220 e. The Morgan fingerprint density at radius 2 is 1.77 bits per heavy atom. The van der Waals surface area contributed by atoms with Crippen molar-refractivity contribution in [3.05, 3.63) is 65.2 Å². The van der Waals surface area contributed by atoms with E-state index < -0.39 is 0 Å². The zero-order valence-corrected chi connectivity index (χ0v) is 16.0. The molecule has 0 saturated carbocycles. The van der Waals surface area contributed by atoms with Gasteiger partial charge in [0.1, 0.15) is 5.75 Å². The summed E-state index contributed by atoms with van der Waals surface area (Å²) in [5, 5.41) is 2.99. The fourth-order valence-corrected chi connectivity index (χ4v) is 2.56. The Kier molecular flexibility index (Phi) is 8.16. The first kappa shape index (κ1) is 20.0. The molecule has 1 N–H and O–H groups in total. The van der Waals surface area contributed by atoms with Gasteiger partial charge in [-0.15, -0.1) is 0 Å². The van der Waals surface area contributed by atoms with Crippen LogP contribution in [0.1, 0.15) is 43.9 Å². The average Bonchev–Trinajstić information content (AvgIpc) is 2.65. The number of amides is 1.